The van der Waals surface area contributed by atoms with Crippen LogP contribution in [0, 0.1) is 11.7 Å². The SMILES string of the molecule is COC(=O)C1CC(=O)NN(S(=O)(=O)c2ccc(F)cc2)C1. The Morgan fingerprint density at radius 1 is 1.38 bits per heavy atom. The molecule has 9 heteroatoms. The summed E-state index contributed by atoms with van der Waals surface area (Å²) in [6, 6.07) is 4.16. The standard InChI is InChI=1S/C12H13FN2O5S/c1-20-12(17)8-6-11(16)14-15(7-8)21(18,19)10-4-2-9(13)3-5-10/h2-5,8H,6-7H2,1H3,(H,14,16). The molecule has 0 saturated carbocycles. The van der Waals surface area contributed by atoms with Crippen molar-refractivity contribution >= 4 is 21.9 Å². The number of rotatable bonds is 3. The lowest BCUT2D eigenvalue weighted by Crippen LogP contribution is -2.54. The number of benzene rings is 1. The molecule has 114 valence electrons. The number of carbonyl (C=O) groups excluding carboxylic acids is 2. The van der Waals surface area contributed by atoms with Gasteiger partial charge in [-0.25, -0.2) is 12.8 Å². The van der Waals surface area contributed by atoms with Crippen molar-refractivity contribution < 1.29 is 27.1 Å². The average Bonchev–Trinajstić information content (AvgIpc) is 2.46. The Hall–Kier alpha value is -2.00. The Labute approximate surface area is 120 Å². The van der Waals surface area contributed by atoms with E-state index >= 15 is 0 Å². The number of nitrogens with one attached hydrogen (secondary N) is 1. The number of hydrogen-bond acceptors (Lipinski definition) is 5. The van der Waals surface area contributed by atoms with Gasteiger partial charge in [0.2, 0.25) is 5.91 Å². The van der Waals surface area contributed by atoms with Crippen molar-refractivity contribution in [2.24, 2.45) is 5.92 Å². The molecule has 1 amide bonds. The smallest absolute Gasteiger partial charge is 0.310 e. The molecule has 1 saturated heterocycles. The van der Waals surface area contributed by atoms with Crippen LogP contribution in [0.25, 0.3) is 0 Å². The van der Waals surface area contributed by atoms with Gasteiger partial charge in [-0.05, 0) is 24.3 Å². The maximum absolute atomic E-state index is 12.9. The second-order valence-electron chi connectivity index (χ2n) is 4.45. The molecule has 1 N–H and O–H groups in total. The summed E-state index contributed by atoms with van der Waals surface area (Å²) in [4.78, 5) is 22.9. The molecule has 1 heterocycles. The van der Waals surface area contributed by atoms with Crippen molar-refractivity contribution in [3.05, 3.63) is 30.1 Å². The Morgan fingerprint density at radius 3 is 2.57 bits per heavy atom. The quantitative estimate of drug-likeness (QED) is 0.795. The first-order valence-corrected chi connectivity index (χ1v) is 7.44. The fourth-order valence-corrected chi connectivity index (χ4v) is 3.27. The average molecular weight is 316 g/mol. The topological polar surface area (TPSA) is 92.8 Å². The third-order valence-corrected chi connectivity index (χ3v) is 4.69. The molecular formula is C12H13FN2O5S. The number of carbonyl (C=O) groups is 2. The van der Waals surface area contributed by atoms with Gasteiger partial charge in [0.15, 0.2) is 0 Å². The summed E-state index contributed by atoms with van der Waals surface area (Å²) >= 11 is 0. The number of sulfonamides is 1. The van der Waals surface area contributed by atoms with E-state index in [0.717, 1.165) is 31.4 Å². The van der Waals surface area contributed by atoms with Gasteiger partial charge in [0.1, 0.15) is 5.82 Å². The molecule has 0 aliphatic carbocycles. The minimum Gasteiger partial charge on any atom is -0.469 e. The van der Waals surface area contributed by atoms with Gasteiger partial charge in [-0.2, -0.15) is 0 Å². The fraction of sp³-hybridized carbons (Fsp3) is 0.333. The maximum Gasteiger partial charge on any atom is 0.310 e. The summed E-state index contributed by atoms with van der Waals surface area (Å²) in [5.41, 5.74) is 2.18. The molecule has 7 nitrogen and oxygen atoms in total. The van der Waals surface area contributed by atoms with E-state index < -0.39 is 33.6 Å². The summed E-state index contributed by atoms with van der Waals surface area (Å²) in [6.07, 6.45) is -0.151. The molecule has 1 aromatic rings. The van der Waals surface area contributed by atoms with E-state index in [1.807, 2.05) is 0 Å². The van der Waals surface area contributed by atoms with Crippen LogP contribution in [0.15, 0.2) is 29.2 Å². The molecular weight excluding hydrogens is 303 g/mol. The summed E-state index contributed by atoms with van der Waals surface area (Å²) in [7, 11) is -2.90. The van der Waals surface area contributed by atoms with E-state index in [1.54, 1.807) is 0 Å². The zero-order chi connectivity index (χ0) is 15.6. The molecule has 1 aromatic carbocycles. The number of esters is 1. The molecule has 0 spiro atoms. The lowest BCUT2D eigenvalue weighted by atomic mass is 10.0. The largest absolute Gasteiger partial charge is 0.469 e. The number of halogens is 1. The Balaban J connectivity index is 2.28. The van der Waals surface area contributed by atoms with Gasteiger partial charge in [0.05, 0.1) is 17.9 Å². The fourth-order valence-electron chi connectivity index (χ4n) is 1.94. The van der Waals surface area contributed by atoms with E-state index in [-0.39, 0.29) is 17.9 Å². The van der Waals surface area contributed by atoms with E-state index in [9.17, 15) is 22.4 Å². The normalized spacial score (nSPS) is 19.9. The molecule has 0 aromatic heterocycles. The van der Waals surface area contributed by atoms with Crippen LogP contribution in [0.1, 0.15) is 6.42 Å². The number of amides is 1. The molecule has 0 radical (unpaired) electrons. The van der Waals surface area contributed by atoms with Crippen molar-refractivity contribution in [1.82, 2.24) is 9.84 Å². The maximum atomic E-state index is 12.9. The van der Waals surface area contributed by atoms with E-state index in [2.05, 4.69) is 10.2 Å². The van der Waals surface area contributed by atoms with Crippen molar-refractivity contribution in [3.63, 3.8) is 0 Å². The summed E-state index contributed by atoms with van der Waals surface area (Å²) in [5.74, 6) is -2.73. The van der Waals surface area contributed by atoms with Gasteiger partial charge < -0.3 is 4.74 Å². The number of nitrogens with zero attached hydrogens (tertiary/aromatic N) is 1. The monoisotopic (exact) mass is 316 g/mol. The minimum atomic E-state index is -4.06. The first-order chi connectivity index (χ1) is 9.84. The minimum absolute atomic E-state index is 0.151. The number of hydrogen-bond donors (Lipinski definition) is 1. The molecule has 1 unspecified atom stereocenters. The molecule has 2 rings (SSSR count). The summed E-state index contributed by atoms with van der Waals surface area (Å²) in [5, 5.41) is 0. The van der Waals surface area contributed by atoms with E-state index in [0.29, 0.717) is 4.41 Å². The van der Waals surface area contributed by atoms with Gasteiger partial charge >= 0.3 is 5.97 Å². The lowest BCUT2D eigenvalue weighted by molar-refractivity contribution is -0.150. The Morgan fingerprint density at radius 2 is 2.00 bits per heavy atom. The van der Waals surface area contributed by atoms with Crippen LogP contribution >= 0.6 is 0 Å². The van der Waals surface area contributed by atoms with Gasteiger partial charge in [0, 0.05) is 13.0 Å². The second-order valence-corrected chi connectivity index (χ2v) is 6.31. The molecule has 1 atom stereocenters. The van der Waals surface area contributed by atoms with Crippen molar-refractivity contribution in [1.29, 1.82) is 0 Å². The van der Waals surface area contributed by atoms with Crippen molar-refractivity contribution in [2.75, 3.05) is 13.7 Å². The second kappa shape index (κ2) is 5.78. The van der Waals surface area contributed by atoms with Gasteiger partial charge in [-0.15, -0.1) is 4.41 Å². The highest BCUT2D eigenvalue weighted by Gasteiger charge is 2.37. The highest BCUT2D eigenvalue weighted by Crippen LogP contribution is 2.20. The zero-order valence-corrected chi connectivity index (χ0v) is 11.9. The van der Waals surface area contributed by atoms with Gasteiger partial charge in [-0.1, -0.05) is 0 Å². The third kappa shape index (κ3) is 3.19. The molecule has 1 fully saturated rings. The zero-order valence-electron chi connectivity index (χ0n) is 11.1. The van der Waals surface area contributed by atoms with Crippen LogP contribution in [-0.2, 0) is 24.3 Å². The number of methoxy groups -OCH3 is 1. The molecule has 21 heavy (non-hydrogen) atoms. The van der Waals surface area contributed by atoms with Crippen LogP contribution in [0.2, 0.25) is 0 Å². The molecule has 1 aliphatic rings. The highest BCUT2D eigenvalue weighted by atomic mass is 32.2. The van der Waals surface area contributed by atoms with E-state index in [4.69, 9.17) is 0 Å². The molecule has 0 bridgehead atoms. The van der Waals surface area contributed by atoms with Crippen LogP contribution in [0.5, 0.6) is 0 Å². The summed E-state index contributed by atoms with van der Waals surface area (Å²) < 4.78 is 42.7. The first kappa shape index (κ1) is 15.4. The van der Waals surface area contributed by atoms with Crippen LogP contribution in [0.3, 0.4) is 0 Å². The van der Waals surface area contributed by atoms with E-state index in [1.165, 1.54) is 0 Å². The Bertz CT molecular complexity index is 659. The van der Waals surface area contributed by atoms with Gasteiger partial charge in [-0.3, -0.25) is 15.0 Å². The van der Waals surface area contributed by atoms with Crippen LogP contribution in [0.4, 0.5) is 4.39 Å². The Kier molecular flexibility index (Phi) is 4.24. The van der Waals surface area contributed by atoms with Gasteiger partial charge in [0.25, 0.3) is 10.0 Å². The first-order valence-electron chi connectivity index (χ1n) is 6.00. The third-order valence-electron chi connectivity index (χ3n) is 3.00. The predicted molar refractivity (Wildman–Crippen MR) is 68.6 cm³/mol. The van der Waals surface area contributed by atoms with Crippen molar-refractivity contribution in [3.8, 4) is 0 Å². The highest BCUT2D eigenvalue weighted by molar-refractivity contribution is 7.89. The van der Waals surface area contributed by atoms with Crippen molar-refractivity contribution in [2.45, 2.75) is 11.3 Å². The molecule has 1 aliphatic heterocycles. The van der Waals surface area contributed by atoms with Crippen LogP contribution in [-0.4, -0.2) is 38.4 Å². The van der Waals surface area contributed by atoms with Crippen LogP contribution < -0.4 is 5.43 Å². The number of hydrazine groups is 1. The predicted octanol–water partition coefficient (Wildman–Crippen LogP) is 0.0405. The number of ether oxygens (including phenoxy) is 1. The lowest BCUT2D eigenvalue weighted by Gasteiger charge is -2.30. The summed E-state index contributed by atoms with van der Waals surface area (Å²) in [6.45, 7) is -0.238.